The van der Waals surface area contributed by atoms with Crippen molar-refractivity contribution in [1.82, 2.24) is 0 Å². The minimum atomic E-state index is -0.0714. The number of benzene rings is 1. The van der Waals surface area contributed by atoms with Crippen molar-refractivity contribution >= 4 is 15.9 Å². The van der Waals surface area contributed by atoms with Crippen molar-refractivity contribution in [3.05, 3.63) is 46.3 Å². The summed E-state index contributed by atoms with van der Waals surface area (Å²) in [4.78, 5) is 0. The number of aliphatic hydroxyl groups is 1. The van der Waals surface area contributed by atoms with Crippen LogP contribution in [0.1, 0.15) is 18.2 Å². The van der Waals surface area contributed by atoms with Crippen molar-refractivity contribution in [2.45, 2.75) is 20.0 Å². The third-order valence-electron chi connectivity index (χ3n) is 2.63. The first-order valence-corrected chi connectivity index (χ1v) is 6.01. The van der Waals surface area contributed by atoms with Crippen LogP contribution in [0, 0.1) is 0 Å². The largest absolute Gasteiger partial charge is 0.466 e. The van der Waals surface area contributed by atoms with Crippen molar-refractivity contribution in [2.75, 3.05) is 0 Å². The van der Waals surface area contributed by atoms with Gasteiger partial charge in [0.1, 0.15) is 12.4 Å². The van der Waals surface area contributed by atoms with Gasteiger partial charge < -0.3 is 9.52 Å². The molecule has 84 valence electrons. The second kappa shape index (κ2) is 4.85. The Kier molecular flexibility index (Phi) is 3.46. The second-order valence-electron chi connectivity index (χ2n) is 3.57. The normalized spacial score (nSPS) is 10.7. The summed E-state index contributed by atoms with van der Waals surface area (Å²) in [5.74, 6) is 0.618. The molecule has 0 aliphatic carbocycles. The molecule has 1 heterocycles. The summed E-state index contributed by atoms with van der Waals surface area (Å²) in [6, 6.07) is 8.07. The topological polar surface area (TPSA) is 33.4 Å². The van der Waals surface area contributed by atoms with Crippen molar-refractivity contribution in [3.63, 3.8) is 0 Å². The van der Waals surface area contributed by atoms with Gasteiger partial charge in [0, 0.05) is 10.0 Å². The number of aliphatic hydroxyl groups excluding tert-OH is 1. The zero-order valence-corrected chi connectivity index (χ0v) is 10.6. The molecule has 3 heteroatoms. The zero-order valence-electron chi connectivity index (χ0n) is 9.03. The van der Waals surface area contributed by atoms with Crippen LogP contribution in [0.4, 0.5) is 0 Å². The van der Waals surface area contributed by atoms with E-state index >= 15 is 0 Å². The Balaban J connectivity index is 2.58. The van der Waals surface area contributed by atoms with E-state index in [2.05, 4.69) is 35.0 Å². The molecule has 0 aliphatic heterocycles. The Labute approximate surface area is 103 Å². The van der Waals surface area contributed by atoms with Crippen LogP contribution in [-0.4, -0.2) is 5.11 Å². The average Bonchev–Trinajstić information content (AvgIpc) is 2.76. The summed E-state index contributed by atoms with van der Waals surface area (Å²) in [6.07, 6.45) is 2.57. The zero-order chi connectivity index (χ0) is 11.5. The van der Waals surface area contributed by atoms with E-state index in [1.54, 1.807) is 6.26 Å². The van der Waals surface area contributed by atoms with Crippen LogP contribution in [0.3, 0.4) is 0 Å². The SMILES string of the molecule is CCc1ccc(Br)cc1-c1ccoc1CO. The van der Waals surface area contributed by atoms with E-state index in [9.17, 15) is 5.11 Å². The van der Waals surface area contributed by atoms with Gasteiger partial charge in [-0.25, -0.2) is 0 Å². The first-order valence-electron chi connectivity index (χ1n) is 5.22. The van der Waals surface area contributed by atoms with Gasteiger partial charge in [0.25, 0.3) is 0 Å². The Bertz CT molecular complexity index is 488. The minimum absolute atomic E-state index is 0.0714. The minimum Gasteiger partial charge on any atom is -0.466 e. The van der Waals surface area contributed by atoms with Crippen molar-refractivity contribution in [1.29, 1.82) is 0 Å². The van der Waals surface area contributed by atoms with Crippen molar-refractivity contribution in [3.8, 4) is 11.1 Å². The highest BCUT2D eigenvalue weighted by Crippen LogP contribution is 2.31. The van der Waals surface area contributed by atoms with E-state index in [1.165, 1.54) is 5.56 Å². The van der Waals surface area contributed by atoms with Crippen LogP contribution in [0.2, 0.25) is 0 Å². The molecule has 0 fully saturated rings. The highest BCUT2D eigenvalue weighted by molar-refractivity contribution is 9.10. The molecule has 0 amide bonds. The molecule has 16 heavy (non-hydrogen) atoms. The van der Waals surface area contributed by atoms with E-state index in [-0.39, 0.29) is 6.61 Å². The Morgan fingerprint density at radius 1 is 1.25 bits per heavy atom. The number of hydrogen-bond donors (Lipinski definition) is 1. The average molecular weight is 281 g/mol. The number of rotatable bonds is 3. The highest BCUT2D eigenvalue weighted by Gasteiger charge is 2.11. The van der Waals surface area contributed by atoms with E-state index < -0.39 is 0 Å². The van der Waals surface area contributed by atoms with Gasteiger partial charge in [0.2, 0.25) is 0 Å². The third kappa shape index (κ3) is 2.06. The van der Waals surface area contributed by atoms with Crippen LogP contribution >= 0.6 is 15.9 Å². The summed E-state index contributed by atoms with van der Waals surface area (Å²) in [5, 5.41) is 9.20. The van der Waals surface area contributed by atoms with Gasteiger partial charge in [-0.3, -0.25) is 0 Å². The van der Waals surface area contributed by atoms with Gasteiger partial charge in [-0.1, -0.05) is 28.9 Å². The first kappa shape index (κ1) is 11.4. The van der Waals surface area contributed by atoms with Crippen LogP contribution in [0.25, 0.3) is 11.1 Å². The maximum absolute atomic E-state index is 9.20. The maximum Gasteiger partial charge on any atom is 0.136 e. The third-order valence-corrected chi connectivity index (χ3v) is 3.13. The lowest BCUT2D eigenvalue weighted by Crippen LogP contribution is -1.90. The quantitative estimate of drug-likeness (QED) is 0.929. The summed E-state index contributed by atoms with van der Waals surface area (Å²) in [5.41, 5.74) is 3.34. The van der Waals surface area contributed by atoms with Crippen molar-refractivity contribution in [2.24, 2.45) is 0 Å². The van der Waals surface area contributed by atoms with Crippen molar-refractivity contribution < 1.29 is 9.52 Å². The molecule has 0 spiro atoms. The lowest BCUT2D eigenvalue weighted by Gasteiger charge is -2.08. The van der Waals surface area contributed by atoms with E-state index in [0.717, 1.165) is 22.0 Å². The lowest BCUT2D eigenvalue weighted by atomic mass is 9.98. The van der Waals surface area contributed by atoms with Gasteiger partial charge in [0.05, 0.1) is 6.26 Å². The van der Waals surface area contributed by atoms with Crippen LogP contribution in [0.5, 0.6) is 0 Å². The number of aryl methyl sites for hydroxylation is 1. The smallest absolute Gasteiger partial charge is 0.136 e. The molecule has 1 aromatic carbocycles. The van der Waals surface area contributed by atoms with Crippen LogP contribution < -0.4 is 0 Å². The van der Waals surface area contributed by atoms with E-state index in [4.69, 9.17) is 4.42 Å². The second-order valence-corrected chi connectivity index (χ2v) is 4.49. The molecule has 0 unspecified atom stereocenters. The number of halogens is 1. The lowest BCUT2D eigenvalue weighted by molar-refractivity contribution is 0.248. The maximum atomic E-state index is 9.20. The molecule has 0 saturated heterocycles. The molecular weight excluding hydrogens is 268 g/mol. The molecule has 0 radical (unpaired) electrons. The molecular formula is C13H13BrO2. The highest BCUT2D eigenvalue weighted by atomic mass is 79.9. The monoisotopic (exact) mass is 280 g/mol. The molecule has 2 nitrogen and oxygen atoms in total. The fourth-order valence-corrected chi connectivity index (χ4v) is 2.17. The van der Waals surface area contributed by atoms with E-state index in [1.807, 2.05) is 12.1 Å². The Morgan fingerprint density at radius 3 is 2.75 bits per heavy atom. The van der Waals surface area contributed by atoms with Gasteiger partial charge in [-0.2, -0.15) is 0 Å². The molecule has 2 aromatic rings. The van der Waals surface area contributed by atoms with Crippen LogP contribution in [-0.2, 0) is 13.0 Å². The predicted octanol–water partition coefficient (Wildman–Crippen LogP) is 3.76. The Morgan fingerprint density at radius 2 is 2.06 bits per heavy atom. The Hall–Kier alpha value is -1.06. The fourth-order valence-electron chi connectivity index (χ4n) is 1.81. The number of furan rings is 1. The summed E-state index contributed by atoms with van der Waals surface area (Å²) < 4.78 is 6.27. The van der Waals surface area contributed by atoms with Gasteiger partial charge in [0.15, 0.2) is 0 Å². The molecule has 2 rings (SSSR count). The fraction of sp³-hybridized carbons (Fsp3) is 0.231. The van der Waals surface area contributed by atoms with Crippen LogP contribution in [0.15, 0.2) is 39.4 Å². The summed E-state index contributed by atoms with van der Waals surface area (Å²) in [6.45, 7) is 2.05. The molecule has 0 bridgehead atoms. The van der Waals surface area contributed by atoms with E-state index in [0.29, 0.717) is 5.76 Å². The molecule has 0 aliphatic rings. The standard InChI is InChI=1S/C13H13BrO2/c1-2-9-3-4-10(14)7-12(9)11-5-6-16-13(11)8-15/h3-7,15H,2,8H2,1H3. The first-order chi connectivity index (χ1) is 7.76. The molecule has 0 atom stereocenters. The summed E-state index contributed by atoms with van der Waals surface area (Å²) in [7, 11) is 0. The van der Waals surface area contributed by atoms with Gasteiger partial charge in [-0.15, -0.1) is 0 Å². The van der Waals surface area contributed by atoms with Gasteiger partial charge in [-0.05, 0) is 35.7 Å². The molecule has 1 aromatic heterocycles. The van der Waals surface area contributed by atoms with Gasteiger partial charge >= 0.3 is 0 Å². The number of hydrogen-bond acceptors (Lipinski definition) is 2. The summed E-state index contributed by atoms with van der Waals surface area (Å²) >= 11 is 3.46. The molecule has 0 saturated carbocycles. The predicted molar refractivity (Wildman–Crippen MR) is 67.1 cm³/mol. The molecule has 1 N–H and O–H groups in total.